The minimum absolute atomic E-state index is 0.919. The van der Waals surface area contributed by atoms with Gasteiger partial charge in [0.15, 0.2) is 5.82 Å². The summed E-state index contributed by atoms with van der Waals surface area (Å²) in [5.74, 6) is 0.919. The molecular weight excluding hydrogens is 787 g/mol. The Morgan fingerprint density at radius 1 is 0.328 bits per heavy atom. The van der Waals surface area contributed by atoms with Crippen molar-refractivity contribution in [1.82, 2.24) is 15.0 Å². The zero-order chi connectivity index (χ0) is 45.3. The van der Waals surface area contributed by atoms with E-state index in [2.05, 4.69) is 133 Å². The fourth-order valence-electron chi connectivity index (χ4n) is 7.81. The van der Waals surface area contributed by atoms with Gasteiger partial charge in [0.2, 0.25) is 0 Å². The van der Waals surface area contributed by atoms with Gasteiger partial charge in [-0.1, -0.05) is 42.5 Å². The minimum Gasteiger partial charge on any atom is -0.261 e. The molecule has 0 N–H and O–H groups in total. The number of aliphatic imine (C=N–C) groups is 6. The van der Waals surface area contributed by atoms with E-state index in [-0.39, 0.29) is 0 Å². The van der Waals surface area contributed by atoms with E-state index in [1.807, 2.05) is 84.3 Å². The van der Waals surface area contributed by atoms with Crippen LogP contribution in [0.2, 0.25) is 0 Å². The van der Waals surface area contributed by atoms with E-state index in [0.717, 1.165) is 113 Å². The Kier molecular flexibility index (Phi) is 14.5. The maximum absolute atomic E-state index is 4.43. The standard InChI is InChI=1S/C10H11N.3C9H10N2.2C9H9N/c1-7-3-4-9-6-8(2)11-10(9)5-7;2*1-6-3-4-8-9(10-6)5-7(2)11-8;1-6-3-4-8-5-7(2)11-9(8)10-6;2*1-7-2-3-8-4-5-10-9(8)6-7/h3-5H,6H2,1-2H3;3*3-4H,5H2,1-2H3;2*2-3,5-6H,4H2,1H3. The number of hydrogen-bond acceptors (Lipinski definition) is 9. The molecule has 6 aliphatic heterocycles. The first-order valence-electron chi connectivity index (χ1n) is 22.1. The number of rotatable bonds is 0. The van der Waals surface area contributed by atoms with Crippen LogP contribution in [0.4, 0.5) is 34.3 Å². The second kappa shape index (κ2) is 20.5. The van der Waals surface area contributed by atoms with E-state index in [1.54, 1.807) is 0 Å². The second-order valence-electron chi connectivity index (χ2n) is 17.3. The molecule has 6 aromatic rings. The molecule has 6 aliphatic rings. The molecule has 324 valence electrons. The summed E-state index contributed by atoms with van der Waals surface area (Å²) in [4.78, 5) is 39.0. The summed E-state index contributed by atoms with van der Waals surface area (Å²) < 4.78 is 0. The van der Waals surface area contributed by atoms with Gasteiger partial charge in [-0.3, -0.25) is 34.9 Å². The summed E-state index contributed by atoms with van der Waals surface area (Å²) in [6, 6.07) is 31.5. The normalized spacial score (nSPS) is 14.3. The van der Waals surface area contributed by atoms with Gasteiger partial charge in [-0.2, -0.15) is 0 Å². The van der Waals surface area contributed by atoms with Crippen LogP contribution in [0.5, 0.6) is 0 Å². The molecule has 12 rings (SSSR count). The van der Waals surface area contributed by atoms with Crippen molar-refractivity contribution in [2.24, 2.45) is 30.0 Å². The predicted molar refractivity (Wildman–Crippen MR) is 270 cm³/mol. The quantitative estimate of drug-likeness (QED) is 0.152. The summed E-state index contributed by atoms with van der Waals surface area (Å²) in [7, 11) is 0. The first-order chi connectivity index (χ1) is 30.7. The smallest absolute Gasteiger partial charge is 0.155 e. The van der Waals surface area contributed by atoms with Gasteiger partial charge in [-0.15, -0.1) is 0 Å². The lowest BCUT2D eigenvalue weighted by molar-refractivity contribution is 1.10. The maximum atomic E-state index is 4.43. The molecule has 9 nitrogen and oxygen atoms in total. The van der Waals surface area contributed by atoms with Crippen LogP contribution in [0.3, 0.4) is 0 Å². The summed E-state index contributed by atoms with van der Waals surface area (Å²) in [5, 5.41) is 0. The van der Waals surface area contributed by atoms with Gasteiger partial charge < -0.3 is 0 Å². The molecule has 0 spiro atoms. The van der Waals surface area contributed by atoms with Gasteiger partial charge in [-0.05, 0) is 151 Å². The van der Waals surface area contributed by atoms with Crippen LogP contribution < -0.4 is 0 Å². The molecule has 0 unspecified atom stereocenters. The SMILES string of the molecule is CC1=Nc2cc(C)ccc2C1.CC1=Nc2ccc(C)nc2C1.CC1=Nc2ccc(C)nc2C1.CC1=Nc2nc(C)ccc2C1.Cc1ccc2c(c1)N=CC2.Cc1ccc2c(c1)N=CC2. The zero-order valence-corrected chi connectivity index (χ0v) is 39.1. The van der Waals surface area contributed by atoms with Crippen LogP contribution in [0, 0.1) is 41.5 Å². The molecule has 3 aromatic heterocycles. The molecule has 0 atom stereocenters. The van der Waals surface area contributed by atoms with Crippen molar-refractivity contribution in [3.63, 3.8) is 0 Å². The third kappa shape index (κ3) is 12.2. The van der Waals surface area contributed by atoms with Crippen LogP contribution in [-0.4, -0.2) is 50.2 Å². The Morgan fingerprint density at radius 3 is 1.25 bits per heavy atom. The van der Waals surface area contributed by atoms with Crippen LogP contribution in [0.25, 0.3) is 0 Å². The van der Waals surface area contributed by atoms with Crippen molar-refractivity contribution < 1.29 is 0 Å². The highest BCUT2D eigenvalue weighted by molar-refractivity contribution is 5.93. The second-order valence-corrected chi connectivity index (χ2v) is 17.3. The van der Waals surface area contributed by atoms with E-state index in [0.29, 0.717) is 0 Å². The summed E-state index contributed by atoms with van der Waals surface area (Å²) in [6.45, 7) is 20.5. The number of aryl methyl sites for hydroxylation is 6. The van der Waals surface area contributed by atoms with Gasteiger partial charge in [0.1, 0.15) is 0 Å². The van der Waals surface area contributed by atoms with E-state index >= 15 is 0 Å². The van der Waals surface area contributed by atoms with Gasteiger partial charge >= 0.3 is 0 Å². The van der Waals surface area contributed by atoms with Crippen molar-refractivity contribution in [2.45, 2.75) is 108 Å². The molecule has 0 saturated carbocycles. The molecule has 9 heteroatoms. The number of nitrogens with zero attached hydrogens (tertiary/aromatic N) is 9. The third-order valence-corrected chi connectivity index (χ3v) is 11.0. The van der Waals surface area contributed by atoms with Crippen molar-refractivity contribution in [1.29, 1.82) is 0 Å². The number of pyridine rings is 3. The van der Waals surface area contributed by atoms with Gasteiger partial charge in [0, 0.05) is 96.4 Å². The van der Waals surface area contributed by atoms with Crippen LogP contribution in [-0.2, 0) is 38.5 Å². The number of benzene rings is 3. The Bertz CT molecular complexity index is 2700. The first-order valence-corrected chi connectivity index (χ1v) is 22.1. The first kappa shape index (κ1) is 45.2. The van der Waals surface area contributed by atoms with E-state index < -0.39 is 0 Å². The van der Waals surface area contributed by atoms with Crippen LogP contribution >= 0.6 is 0 Å². The lowest BCUT2D eigenvalue weighted by Crippen LogP contribution is -1.92. The molecular formula is C55H59N9. The average Bonchev–Trinajstić information content (AvgIpc) is 4.12. The monoisotopic (exact) mass is 845 g/mol. The zero-order valence-electron chi connectivity index (χ0n) is 39.1. The van der Waals surface area contributed by atoms with E-state index in [9.17, 15) is 0 Å². The van der Waals surface area contributed by atoms with Crippen molar-refractivity contribution in [2.75, 3.05) is 0 Å². The van der Waals surface area contributed by atoms with Crippen molar-refractivity contribution >= 4 is 69.5 Å². The van der Waals surface area contributed by atoms with Gasteiger partial charge in [-0.25, -0.2) is 9.98 Å². The van der Waals surface area contributed by atoms with Crippen molar-refractivity contribution in [3.8, 4) is 0 Å². The fourth-order valence-corrected chi connectivity index (χ4v) is 7.81. The molecule has 9 heterocycles. The predicted octanol–water partition coefficient (Wildman–Crippen LogP) is 13.3. The van der Waals surface area contributed by atoms with E-state index in [1.165, 1.54) is 50.3 Å². The van der Waals surface area contributed by atoms with Crippen LogP contribution in [0.1, 0.15) is 95.1 Å². The topological polar surface area (TPSA) is 113 Å². The Morgan fingerprint density at radius 2 is 0.719 bits per heavy atom. The molecule has 3 aromatic carbocycles. The number of aromatic nitrogens is 3. The van der Waals surface area contributed by atoms with Gasteiger partial charge in [0.05, 0.1) is 39.8 Å². The number of fused-ring (bicyclic) bond motifs is 6. The summed E-state index contributed by atoms with van der Waals surface area (Å²) >= 11 is 0. The lowest BCUT2D eigenvalue weighted by atomic mass is 10.1. The molecule has 0 amide bonds. The lowest BCUT2D eigenvalue weighted by Gasteiger charge is -1.96. The van der Waals surface area contributed by atoms with Gasteiger partial charge in [0.25, 0.3) is 0 Å². The largest absolute Gasteiger partial charge is 0.261 e. The highest BCUT2D eigenvalue weighted by atomic mass is 14.9. The third-order valence-electron chi connectivity index (χ3n) is 11.0. The highest BCUT2D eigenvalue weighted by Gasteiger charge is 2.14. The molecule has 0 saturated heterocycles. The fraction of sp³-hybridized carbons (Fsp3) is 0.291. The van der Waals surface area contributed by atoms with Crippen LogP contribution in [0.15, 0.2) is 121 Å². The summed E-state index contributed by atoms with van der Waals surface area (Å²) in [5.41, 5.74) is 25.0. The Balaban J connectivity index is 0.000000115. The minimum atomic E-state index is 0.919. The Labute approximate surface area is 379 Å². The molecule has 64 heavy (non-hydrogen) atoms. The highest BCUT2D eigenvalue weighted by Crippen LogP contribution is 2.29. The molecule has 0 bridgehead atoms. The molecule has 0 fully saturated rings. The average molecular weight is 846 g/mol. The van der Waals surface area contributed by atoms with Crippen molar-refractivity contribution in [3.05, 3.63) is 158 Å². The summed E-state index contributed by atoms with van der Waals surface area (Å²) in [6.07, 6.45) is 9.81. The Hall–Kier alpha value is -6.87. The number of hydrogen-bond donors (Lipinski definition) is 0. The maximum Gasteiger partial charge on any atom is 0.155 e. The molecule has 0 aliphatic carbocycles. The van der Waals surface area contributed by atoms with E-state index in [4.69, 9.17) is 0 Å². The molecule has 0 radical (unpaired) electrons.